The van der Waals surface area contributed by atoms with Crippen LogP contribution in [0.5, 0.6) is 11.5 Å². The van der Waals surface area contributed by atoms with Crippen LogP contribution in [-0.4, -0.2) is 30.0 Å². The fourth-order valence-electron chi connectivity index (χ4n) is 1.14. The molecule has 4 nitrogen and oxygen atoms in total. The summed E-state index contributed by atoms with van der Waals surface area (Å²) >= 11 is 0. The van der Waals surface area contributed by atoms with Crippen molar-refractivity contribution in [2.24, 2.45) is 0 Å². The molecule has 0 aliphatic carbocycles. The smallest absolute Gasteiger partial charge is 0.161 e. The molecule has 1 atom stereocenters. The van der Waals surface area contributed by atoms with Crippen LogP contribution in [0.3, 0.4) is 0 Å². The molecule has 0 aliphatic rings. The van der Waals surface area contributed by atoms with Crippen LogP contribution in [0.4, 0.5) is 0 Å². The highest BCUT2D eigenvalue weighted by molar-refractivity contribution is 5.42. The monoisotopic (exact) mass is 212 g/mol. The first-order valence-corrected chi connectivity index (χ1v) is 4.76. The van der Waals surface area contributed by atoms with Crippen LogP contribution >= 0.6 is 0 Å². The predicted molar refractivity (Wildman–Crippen MR) is 56.1 cm³/mol. The van der Waals surface area contributed by atoms with Gasteiger partial charge in [0, 0.05) is 0 Å². The maximum Gasteiger partial charge on any atom is 0.161 e. The zero-order valence-electron chi connectivity index (χ0n) is 8.93. The van der Waals surface area contributed by atoms with E-state index in [4.69, 9.17) is 19.7 Å². The van der Waals surface area contributed by atoms with Gasteiger partial charge in [0.05, 0.1) is 19.8 Å². The van der Waals surface area contributed by atoms with E-state index in [1.807, 2.05) is 0 Å². The molecule has 0 unspecified atom stereocenters. The van der Waals surface area contributed by atoms with E-state index in [1.54, 1.807) is 25.1 Å². The van der Waals surface area contributed by atoms with Gasteiger partial charge in [0.1, 0.15) is 6.61 Å². The Bertz CT molecular complexity index is 309. The van der Waals surface area contributed by atoms with Crippen LogP contribution in [0, 0.1) is 0 Å². The first-order valence-electron chi connectivity index (χ1n) is 4.76. The van der Waals surface area contributed by atoms with E-state index in [9.17, 15) is 0 Å². The van der Waals surface area contributed by atoms with Crippen molar-refractivity contribution in [1.29, 1.82) is 0 Å². The molecule has 1 rings (SSSR count). The number of hydrogen-bond acceptors (Lipinski definition) is 4. The van der Waals surface area contributed by atoms with Crippen LogP contribution in [-0.2, 0) is 6.61 Å². The van der Waals surface area contributed by atoms with Gasteiger partial charge in [-0.05, 0) is 24.6 Å². The summed E-state index contributed by atoms with van der Waals surface area (Å²) in [7, 11) is 1.53. The molecule has 15 heavy (non-hydrogen) atoms. The third-order valence-corrected chi connectivity index (χ3v) is 1.89. The van der Waals surface area contributed by atoms with Gasteiger partial charge in [-0.3, -0.25) is 0 Å². The molecular formula is C11H16O4. The van der Waals surface area contributed by atoms with Gasteiger partial charge in [-0.2, -0.15) is 0 Å². The van der Waals surface area contributed by atoms with Crippen LogP contribution < -0.4 is 9.47 Å². The topological polar surface area (TPSA) is 58.9 Å². The minimum absolute atomic E-state index is 0.0347. The fraction of sp³-hybridized carbons (Fsp3) is 0.455. The lowest BCUT2D eigenvalue weighted by atomic mass is 10.2. The molecule has 0 radical (unpaired) electrons. The molecule has 1 aromatic rings. The van der Waals surface area contributed by atoms with E-state index in [-0.39, 0.29) is 13.2 Å². The van der Waals surface area contributed by atoms with Crippen molar-refractivity contribution in [1.82, 2.24) is 0 Å². The van der Waals surface area contributed by atoms with Gasteiger partial charge >= 0.3 is 0 Å². The first kappa shape index (κ1) is 11.8. The van der Waals surface area contributed by atoms with E-state index >= 15 is 0 Å². The van der Waals surface area contributed by atoms with Crippen molar-refractivity contribution in [3.8, 4) is 11.5 Å². The molecule has 0 fully saturated rings. The van der Waals surface area contributed by atoms with E-state index < -0.39 is 6.10 Å². The minimum Gasteiger partial charge on any atom is -0.493 e. The summed E-state index contributed by atoms with van der Waals surface area (Å²) in [5, 5.41) is 18.0. The van der Waals surface area contributed by atoms with Crippen molar-refractivity contribution < 1.29 is 19.7 Å². The minimum atomic E-state index is -0.521. The number of benzene rings is 1. The lowest BCUT2D eigenvalue weighted by molar-refractivity contribution is 0.120. The van der Waals surface area contributed by atoms with Crippen molar-refractivity contribution in [3.63, 3.8) is 0 Å². The Morgan fingerprint density at radius 2 is 2.07 bits per heavy atom. The van der Waals surface area contributed by atoms with Crippen molar-refractivity contribution in [2.75, 3.05) is 13.7 Å². The third-order valence-electron chi connectivity index (χ3n) is 1.89. The van der Waals surface area contributed by atoms with Gasteiger partial charge in [0.2, 0.25) is 0 Å². The average Bonchev–Trinajstić information content (AvgIpc) is 2.25. The molecule has 1 aromatic carbocycles. The summed E-state index contributed by atoms with van der Waals surface area (Å²) in [5.41, 5.74) is 0.760. The largest absolute Gasteiger partial charge is 0.493 e. The average molecular weight is 212 g/mol. The molecule has 0 amide bonds. The zero-order chi connectivity index (χ0) is 11.3. The molecule has 0 saturated carbocycles. The van der Waals surface area contributed by atoms with E-state index in [0.717, 1.165) is 5.56 Å². The molecule has 0 spiro atoms. The second kappa shape index (κ2) is 5.58. The highest BCUT2D eigenvalue weighted by atomic mass is 16.5. The Kier molecular flexibility index (Phi) is 4.39. The van der Waals surface area contributed by atoms with Gasteiger partial charge in [-0.25, -0.2) is 0 Å². The lowest BCUT2D eigenvalue weighted by Crippen LogP contribution is -2.13. The lowest BCUT2D eigenvalue weighted by Gasteiger charge is -2.12. The predicted octanol–water partition coefficient (Wildman–Crippen LogP) is 0.947. The van der Waals surface area contributed by atoms with Gasteiger partial charge in [-0.1, -0.05) is 6.07 Å². The number of rotatable bonds is 5. The molecule has 0 bridgehead atoms. The normalized spacial score (nSPS) is 12.3. The molecule has 4 heteroatoms. The SMILES string of the molecule is COc1cc(CO)ccc1OC[C@H](C)O. The van der Waals surface area contributed by atoms with Gasteiger partial charge in [-0.15, -0.1) is 0 Å². The quantitative estimate of drug-likeness (QED) is 0.762. The second-order valence-corrected chi connectivity index (χ2v) is 3.30. The molecule has 0 aromatic heterocycles. The van der Waals surface area contributed by atoms with E-state index in [0.29, 0.717) is 11.5 Å². The molecule has 0 saturated heterocycles. The summed E-state index contributed by atoms with van der Waals surface area (Å²) in [6.45, 7) is 1.83. The van der Waals surface area contributed by atoms with Crippen molar-refractivity contribution in [3.05, 3.63) is 23.8 Å². The summed E-state index contributed by atoms with van der Waals surface area (Å²) < 4.78 is 10.4. The standard InChI is InChI=1S/C11H16O4/c1-8(13)7-15-10-4-3-9(6-12)5-11(10)14-2/h3-5,8,12-13H,6-7H2,1-2H3/t8-/m0/s1. The van der Waals surface area contributed by atoms with Crippen LogP contribution in [0.25, 0.3) is 0 Å². The highest BCUT2D eigenvalue weighted by Crippen LogP contribution is 2.28. The van der Waals surface area contributed by atoms with Gasteiger partial charge < -0.3 is 19.7 Å². The highest BCUT2D eigenvalue weighted by Gasteiger charge is 2.06. The van der Waals surface area contributed by atoms with Gasteiger partial charge in [0.25, 0.3) is 0 Å². The molecular weight excluding hydrogens is 196 g/mol. The summed E-state index contributed by atoms with van der Waals surface area (Å²) in [6.07, 6.45) is -0.521. The third kappa shape index (κ3) is 3.42. The summed E-state index contributed by atoms with van der Waals surface area (Å²) in [5.74, 6) is 1.12. The van der Waals surface area contributed by atoms with Crippen LogP contribution in [0.1, 0.15) is 12.5 Å². The van der Waals surface area contributed by atoms with Crippen LogP contribution in [0.15, 0.2) is 18.2 Å². The molecule has 2 N–H and O–H groups in total. The Hall–Kier alpha value is -1.26. The first-order chi connectivity index (χ1) is 7.17. The number of aliphatic hydroxyl groups is 2. The summed E-state index contributed by atoms with van der Waals surface area (Å²) in [4.78, 5) is 0. The molecule has 0 aliphatic heterocycles. The Labute approximate surface area is 89.1 Å². The van der Waals surface area contributed by atoms with E-state index in [2.05, 4.69) is 0 Å². The number of ether oxygens (including phenoxy) is 2. The number of hydrogen-bond donors (Lipinski definition) is 2. The molecule has 0 heterocycles. The maximum absolute atomic E-state index is 9.07. The van der Waals surface area contributed by atoms with Gasteiger partial charge in [0.15, 0.2) is 11.5 Å². The summed E-state index contributed by atoms with van der Waals surface area (Å²) in [6, 6.07) is 5.17. The number of aliphatic hydroxyl groups excluding tert-OH is 2. The maximum atomic E-state index is 9.07. The molecule has 84 valence electrons. The fourth-order valence-corrected chi connectivity index (χ4v) is 1.14. The second-order valence-electron chi connectivity index (χ2n) is 3.30. The van der Waals surface area contributed by atoms with E-state index in [1.165, 1.54) is 7.11 Å². The van der Waals surface area contributed by atoms with Crippen molar-refractivity contribution in [2.45, 2.75) is 19.6 Å². The van der Waals surface area contributed by atoms with Crippen LogP contribution in [0.2, 0.25) is 0 Å². The number of methoxy groups -OCH3 is 1. The Balaban J connectivity index is 2.78. The zero-order valence-corrected chi connectivity index (χ0v) is 8.93. The Morgan fingerprint density at radius 3 is 2.60 bits per heavy atom. The Morgan fingerprint density at radius 1 is 1.33 bits per heavy atom. The van der Waals surface area contributed by atoms with Crippen molar-refractivity contribution >= 4 is 0 Å².